The molecule has 2 aliphatic heterocycles. The summed E-state index contributed by atoms with van der Waals surface area (Å²) in [6.45, 7) is 7.20. The molecular weight excluding hydrogens is 502 g/mol. The first kappa shape index (κ1) is 26.1. The van der Waals surface area contributed by atoms with Gasteiger partial charge in [0.2, 0.25) is 16.0 Å². The molecule has 3 aromatic rings. The highest BCUT2D eigenvalue weighted by molar-refractivity contribution is 7.92. The maximum absolute atomic E-state index is 13.0. The van der Waals surface area contributed by atoms with Gasteiger partial charge in [-0.05, 0) is 62.1 Å². The van der Waals surface area contributed by atoms with E-state index in [1.807, 2.05) is 11.1 Å². The molecule has 38 heavy (non-hydrogen) atoms. The van der Waals surface area contributed by atoms with Gasteiger partial charge < -0.3 is 10.2 Å². The largest absolute Gasteiger partial charge is 0.339 e. The third kappa shape index (κ3) is 6.28. The quantitative estimate of drug-likeness (QED) is 0.494. The molecule has 0 atom stereocenters. The van der Waals surface area contributed by atoms with Crippen LogP contribution in [0.4, 0.5) is 17.5 Å². The number of piperidine rings is 1. The molecule has 1 aromatic carbocycles. The number of pyridine rings is 1. The Bertz CT molecular complexity index is 1430. The standard InChI is InChI=1S/C27H33N7O3S/c1-18-12-19(2)14-22(13-18)30-27-29-16-21-17-34(11-7-24(21)31-27)23-5-9-33(10-6-23)26(35)20-4-8-28-25(15-20)32-38(3,36)37/h4,8,12-16,23H,5-7,9-11,17H2,1-3H3,(H,28,32)(H,29,30,31). The van der Waals surface area contributed by atoms with E-state index in [1.165, 1.54) is 23.4 Å². The lowest BCUT2D eigenvalue weighted by atomic mass is 9.98. The van der Waals surface area contributed by atoms with Gasteiger partial charge in [-0.15, -0.1) is 0 Å². The Morgan fingerprint density at radius 3 is 2.47 bits per heavy atom. The van der Waals surface area contributed by atoms with E-state index in [1.54, 1.807) is 6.07 Å². The lowest BCUT2D eigenvalue weighted by molar-refractivity contribution is 0.0598. The van der Waals surface area contributed by atoms with Gasteiger partial charge in [-0.25, -0.2) is 23.4 Å². The second-order valence-corrected chi connectivity index (χ2v) is 12.0. The molecular formula is C27H33N7O3S. The Morgan fingerprint density at radius 1 is 1.03 bits per heavy atom. The Hall–Kier alpha value is -3.57. The van der Waals surface area contributed by atoms with Crippen molar-refractivity contribution < 1.29 is 13.2 Å². The number of aryl methyl sites for hydroxylation is 2. The molecule has 0 spiro atoms. The van der Waals surface area contributed by atoms with Gasteiger partial charge in [0, 0.05) is 67.8 Å². The maximum atomic E-state index is 13.0. The number of aromatic nitrogens is 3. The van der Waals surface area contributed by atoms with Crippen molar-refractivity contribution in [2.45, 2.75) is 45.7 Å². The number of hydrogen-bond donors (Lipinski definition) is 2. The number of likely N-dealkylation sites (tertiary alicyclic amines) is 1. The van der Waals surface area contributed by atoms with E-state index < -0.39 is 10.0 Å². The van der Waals surface area contributed by atoms with E-state index in [2.05, 4.69) is 57.0 Å². The molecule has 2 aromatic heterocycles. The summed E-state index contributed by atoms with van der Waals surface area (Å²) >= 11 is 0. The first-order chi connectivity index (χ1) is 18.1. The number of carbonyl (C=O) groups is 1. The van der Waals surface area contributed by atoms with E-state index >= 15 is 0 Å². The smallest absolute Gasteiger partial charge is 0.254 e. The summed E-state index contributed by atoms with van der Waals surface area (Å²) < 4.78 is 25.3. The average Bonchev–Trinajstić information content (AvgIpc) is 2.86. The maximum Gasteiger partial charge on any atom is 0.254 e. The van der Waals surface area contributed by atoms with Crippen LogP contribution in [0.2, 0.25) is 0 Å². The first-order valence-electron chi connectivity index (χ1n) is 12.8. The number of hydrogen-bond acceptors (Lipinski definition) is 8. The highest BCUT2D eigenvalue weighted by Gasteiger charge is 2.30. The fourth-order valence-electron chi connectivity index (χ4n) is 5.31. The van der Waals surface area contributed by atoms with Crippen LogP contribution < -0.4 is 10.0 Å². The zero-order valence-corrected chi connectivity index (χ0v) is 22.8. The van der Waals surface area contributed by atoms with Crippen molar-refractivity contribution in [3.63, 3.8) is 0 Å². The van der Waals surface area contributed by atoms with Crippen molar-refractivity contribution in [1.29, 1.82) is 0 Å². The van der Waals surface area contributed by atoms with Crippen molar-refractivity contribution in [2.24, 2.45) is 0 Å². The molecule has 4 heterocycles. The Morgan fingerprint density at radius 2 is 1.76 bits per heavy atom. The first-order valence-corrected chi connectivity index (χ1v) is 14.7. The van der Waals surface area contributed by atoms with E-state index in [9.17, 15) is 13.2 Å². The van der Waals surface area contributed by atoms with E-state index in [0.717, 1.165) is 55.6 Å². The number of nitrogens with zero attached hydrogens (tertiary/aromatic N) is 5. The monoisotopic (exact) mass is 535 g/mol. The van der Waals surface area contributed by atoms with Gasteiger partial charge in [0.25, 0.3) is 5.91 Å². The van der Waals surface area contributed by atoms with Gasteiger partial charge in [-0.2, -0.15) is 0 Å². The van der Waals surface area contributed by atoms with Gasteiger partial charge in [0.05, 0.1) is 11.9 Å². The summed E-state index contributed by atoms with van der Waals surface area (Å²) in [5.41, 5.74) is 6.07. The van der Waals surface area contributed by atoms with Gasteiger partial charge in [-0.1, -0.05) is 6.07 Å². The van der Waals surface area contributed by atoms with Gasteiger partial charge in [-0.3, -0.25) is 14.4 Å². The fourth-order valence-corrected chi connectivity index (χ4v) is 5.80. The number of anilines is 3. The Balaban J connectivity index is 1.17. The number of fused-ring (bicyclic) bond motifs is 1. The summed E-state index contributed by atoms with van der Waals surface area (Å²) in [6, 6.07) is 9.82. The summed E-state index contributed by atoms with van der Waals surface area (Å²) in [4.78, 5) is 30.7. The van der Waals surface area contributed by atoms with Crippen LogP contribution in [0.1, 0.15) is 45.6 Å². The molecule has 2 N–H and O–H groups in total. The average molecular weight is 536 g/mol. The van der Waals surface area contributed by atoms with Crippen LogP contribution in [0.3, 0.4) is 0 Å². The van der Waals surface area contributed by atoms with Crippen molar-refractivity contribution >= 4 is 33.4 Å². The Labute approximate surface area is 223 Å². The Kier molecular flexibility index (Phi) is 7.31. The van der Waals surface area contributed by atoms with Crippen molar-refractivity contribution in [3.8, 4) is 0 Å². The van der Waals surface area contributed by atoms with Crippen LogP contribution in [-0.2, 0) is 23.0 Å². The zero-order valence-electron chi connectivity index (χ0n) is 21.9. The molecule has 0 aliphatic carbocycles. The summed E-state index contributed by atoms with van der Waals surface area (Å²) in [6.07, 6.45) is 7.07. The van der Waals surface area contributed by atoms with Crippen molar-refractivity contribution in [2.75, 3.05) is 35.9 Å². The molecule has 2 aliphatic rings. The van der Waals surface area contributed by atoms with Crippen LogP contribution in [0.25, 0.3) is 0 Å². The summed E-state index contributed by atoms with van der Waals surface area (Å²) in [5.74, 6) is 0.665. The molecule has 0 unspecified atom stereocenters. The molecule has 10 nitrogen and oxygen atoms in total. The highest BCUT2D eigenvalue weighted by Crippen LogP contribution is 2.26. The third-order valence-corrected chi connectivity index (χ3v) is 7.59. The highest BCUT2D eigenvalue weighted by atomic mass is 32.2. The van der Waals surface area contributed by atoms with Crippen LogP contribution in [-0.4, -0.2) is 71.0 Å². The van der Waals surface area contributed by atoms with Crippen molar-refractivity contribution in [1.82, 2.24) is 24.8 Å². The van der Waals surface area contributed by atoms with Crippen molar-refractivity contribution in [3.05, 3.63) is 70.7 Å². The summed E-state index contributed by atoms with van der Waals surface area (Å²) in [5, 5.41) is 3.34. The minimum absolute atomic E-state index is 0.108. The minimum Gasteiger partial charge on any atom is -0.339 e. The molecule has 0 saturated carbocycles. The third-order valence-electron chi connectivity index (χ3n) is 7.01. The lowest BCUT2D eigenvalue weighted by Crippen LogP contribution is -2.48. The minimum atomic E-state index is -3.46. The number of carbonyl (C=O) groups excluding carboxylic acids is 1. The van der Waals surface area contributed by atoms with Gasteiger partial charge >= 0.3 is 0 Å². The normalized spacial score (nSPS) is 16.7. The van der Waals surface area contributed by atoms with Crippen LogP contribution in [0.15, 0.2) is 42.7 Å². The zero-order chi connectivity index (χ0) is 26.9. The SMILES string of the molecule is Cc1cc(C)cc(Nc2ncc3c(n2)CCN(C2CCN(C(=O)c4ccnc(NS(C)(=O)=O)c4)CC2)C3)c1. The molecule has 0 radical (unpaired) electrons. The van der Waals surface area contributed by atoms with E-state index in [0.29, 0.717) is 30.6 Å². The molecule has 11 heteroatoms. The van der Waals surface area contributed by atoms with Crippen LogP contribution in [0, 0.1) is 13.8 Å². The number of amides is 1. The second-order valence-electron chi connectivity index (χ2n) is 10.2. The number of nitrogens with one attached hydrogen (secondary N) is 2. The number of rotatable bonds is 6. The molecule has 0 bridgehead atoms. The van der Waals surface area contributed by atoms with Crippen LogP contribution >= 0.6 is 0 Å². The number of benzene rings is 1. The van der Waals surface area contributed by atoms with Crippen LogP contribution in [0.5, 0.6) is 0 Å². The molecule has 1 saturated heterocycles. The molecule has 200 valence electrons. The van der Waals surface area contributed by atoms with Gasteiger partial charge in [0.15, 0.2) is 0 Å². The predicted octanol–water partition coefficient (Wildman–Crippen LogP) is 3.27. The topological polar surface area (TPSA) is 120 Å². The van der Waals surface area contributed by atoms with Gasteiger partial charge in [0.1, 0.15) is 5.82 Å². The van der Waals surface area contributed by atoms with E-state index in [4.69, 9.17) is 4.98 Å². The molecule has 5 rings (SSSR count). The lowest BCUT2D eigenvalue weighted by Gasteiger charge is -2.40. The summed E-state index contributed by atoms with van der Waals surface area (Å²) in [7, 11) is -3.46. The molecule has 1 fully saturated rings. The van der Waals surface area contributed by atoms with E-state index in [-0.39, 0.29) is 11.7 Å². The number of sulfonamides is 1. The second kappa shape index (κ2) is 10.7. The fraction of sp³-hybridized carbons (Fsp3) is 0.407. The molecule has 1 amide bonds. The predicted molar refractivity (Wildman–Crippen MR) is 147 cm³/mol.